The first kappa shape index (κ1) is 25.9. The van der Waals surface area contributed by atoms with Crippen LogP contribution in [0.3, 0.4) is 0 Å². The van der Waals surface area contributed by atoms with Gasteiger partial charge in [-0.3, -0.25) is 0 Å². The summed E-state index contributed by atoms with van der Waals surface area (Å²) in [6.45, 7) is 22.6. The molecule has 0 aliphatic carbocycles. The van der Waals surface area contributed by atoms with Crippen LogP contribution in [0.4, 0.5) is 5.69 Å². The van der Waals surface area contributed by atoms with Gasteiger partial charge in [-0.1, -0.05) is 45.5 Å². The summed E-state index contributed by atoms with van der Waals surface area (Å²) in [5.74, 6) is 1.29. The predicted molar refractivity (Wildman–Crippen MR) is 122 cm³/mol. The Kier molecular flexibility index (Phi) is 11.8. The summed E-state index contributed by atoms with van der Waals surface area (Å²) in [7, 11) is 2.10. The molecule has 1 saturated heterocycles. The average Bonchev–Trinajstić information content (AvgIpc) is 2.67. The van der Waals surface area contributed by atoms with E-state index in [-0.39, 0.29) is 20.4 Å². The molecule has 1 radical (unpaired) electrons. The molecule has 1 unspecified atom stereocenters. The summed E-state index contributed by atoms with van der Waals surface area (Å²) < 4.78 is 0. The zero-order valence-electron chi connectivity index (χ0n) is 18.8. The molecule has 0 amide bonds. The first-order valence-electron chi connectivity index (χ1n) is 10.6. The van der Waals surface area contributed by atoms with E-state index in [0.29, 0.717) is 5.92 Å². The number of anilines is 1. The summed E-state index contributed by atoms with van der Waals surface area (Å²) in [5.41, 5.74) is 3.49. The van der Waals surface area contributed by atoms with Crippen molar-refractivity contribution in [1.82, 2.24) is 15.1 Å². The maximum atomic E-state index is 3.99. The van der Waals surface area contributed by atoms with Gasteiger partial charge < -0.3 is 20.0 Å². The second-order valence-electron chi connectivity index (χ2n) is 8.53. The zero-order valence-corrected chi connectivity index (χ0v) is 21.5. The first-order valence-corrected chi connectivity index (χ1v) is 10.6. The normalized spacial score (nSPS) is 16.2. The van der Waals surface area contributed by atoms with Crippen molar-refractivity contribution in [3.05, 3.63) is 54.9 Å². The number of hydrogen-bond acceptors (Lipinski definition) is 4. The minimum absolute atomic E-state index is 0. The standard InChI is InChI=1S/C24H39N4.Re/c1-7-25-22(5)12-13-26(6)24-10-8-23(9-11-24)21(4)19-28-16-14-27(15-17-28)18-20(2)3;/h7-10,20-21,25H,1,5,12-19H2,2-4,6H3;/q-1;. The largest absolute Gasteiger partial charge is 0.396 e. The fourth-order valence-corrected chi connectivity index (χ4v) is 3.78. The van der Waals surface area contributed by atoms with Crippen LogP contribution in [0, 0.1) is 12.0 Å². The molecule has 0 aromatic heterocycles. The Morgan fingerprint density at radius 1 is 1.17 bits per heavy atom. The molecule has 1 aliphatic heterocycles. The Hall–Kier alpha value is -1.12. The third-order valence-corrected chi connectivity index (χ3v) is 5.48. The Morgan fingerprint density at radius 3 is 2.31 bits per heavy atom. The number of nitrogens with zero attached hydrogens (tertiary/aromatic N) is 3. The molecule has 0 spiro atoms. The number of benzene rings is 1. The monoisotopic (exact) mass is 570 g/mol. The SMILES string of the molecule is C=CNC(=C)CCN(C)c1[c-]cc(C(C)CN2CCN(CC(C)C)CC2)cc1.[Re]. The van der Waals surface area contributed by atoms with Crippen molar-refractivity contribution in [2.45, 2.75) is 33.1 Å². The van der Waals surface area contributed by atoms with Gasteiger partial charge >= 0.3 is 0 Å². The summed E-state index contributed by atoms with van der Waals surface area (Å²) in [4.78, 5) is 7.43. The maximum Gasteiger partial charge on any atom is 0.0207 e. The zero-order chi connectivity index (χ0) is 20.5. The molecule has 1 fully saturated rings. The van der Waals surface area contributed by atoms with Gasteiger partial charge in [-0.05, 0) is 18.7 Å². The molecule has 2 rings (SSSR count). The third kappa shape index (κ3) is 9.05. The van der Waals surface area contributed by atoms with Crippen molar-refractivity contribution in [3.63, 3.8) is 0 Å². The van der Waals surface area contributed by atoms with E-state index < -0.39 is 0 Å². The van der Waals surface area contributed by atoms with Gasteiger partial charge in [-0.15, -0.1) is 6.07 Å². The van der Waals surface area contributed by atoms with E-state index in [4.69, 9.17) is 0 Å². The van der Waals surface area contributed by atoms with Gasteiger partial charge in [0, 0.05) is 78.9 Å². The second kappa shape index (κ2) is 13.2. The van der Waals surface area contributed by atoms with Gasteiger partial charge in [0.15, 0.2) is 0 Å². The molecule has 1 aromatic carbocycles. The van der Waals surface area contributed by atoms with Crippen LogP contribution < -0.4 is 10.2 Å². The third-order valence-electron chi connectivity index (χ3n) is 5.48. The molecular weight excluding hydrogens is 530 g/mol. The summed E-state index contributed by atoms with van der Waals surface area (Å²) >= 11 is 0. The van der Waals surface area contributed by atoms with E-state index in [9.17, 15) is 0 Å². The van der Waals surface area contributed by atoms with Gasteiger partial charge in [0.1, 0.15) is 0 Å². The van der Waals surface area contributed by atoms with E-state index in [1.807, 2.05) is 0 Å². The minimum Gasteiger partial charge on any atom is -0.396 e. The minimum atomic E-state index is 0. The van der Waals surface area contributed by atoms with Gasteiger partial charge in [-0.2, -0.15) is 23.8 Å². The van der Waals surface area contributed by atoms with Gasteiger partial charge in [0.25, 0.3) is 0 Å². The maximum absolute atomic E-state index is 3.99. The Bertz CT molecular complexity index is 606. The topological polar surface area (TPSA) is 21.8 Å². The van der Waals surface area contributed by atoms with Crippen LogP contribution >= 0.6 is 0 Å². The van der Waals surface area contributed by atoms with Crippen LogP contribution in [-0.2, 0) is 20.4 Å². The number of piperazine rings is 1. The van der Waals surface area contributed by atoms with Crippen LogP contribution in [0.15, 0.2) is 43.3 Å². The molecule has 1 atom stereocenters. The molecule has 0 bridgehead atoms. The van der Waals surface area contributed by atoms with Crippen molar-refractivity contribution in [2.24, 2.45) is 5.92 Å². The van der Waals surface area contributed by atoms with Gasteiger partial charge in [-0.25, -0.2) is 0 Å². The van der Waals surface area contributed by atoms with E-state index in [1.165, 1.54) is 38.3 Å². The molecule has 163 valence electrons. The van der Waals surface area contributed by atoms with Crippen LogP contribution in [0.1, 0.15) is 38.7 Å². The van der Waals surface area contributed by atoms with E-state index in [1.54, 1.807) is 6.20 Å². The predicted octanol–water partition coefficient (Wildman–Crippen LogP) is 3.93. The molecular formula is C24H39N4Re-. The van der Waals surface area contributed by atoms with Gasteiger partial charge in [0.05, 0.1) is 0 Å². The Labute approximate surface area is 192 Å². The molecule has 0 saturated carbocycles. The summed E-state index contributed by atoms with van der Waals surface area (Å²) in [6, 6.07) is 10.1. The summed E-state index contributed by atoms with van der Waals surface area (Å²) in [5, 5.41) is 3.05. The molecule has 4 nitrogen and oxygen atoms in total. The van der Waals surface area contributed by atoms with Gasteiger partial charge in [0.2, 0.25) is 0 Å². The van der Waals surface area contributed by atoms with Crippen molar-refractivity contribution in [3.8, 4) is 0 Å². The van der Waals surface area contributed by atoms with Crippen LogP contribution in [-0.4, -0.2) is 62.7 Å². The van der Waals surface area contributed by atoms with Crippen LogP contribution in [0.25, 0.3) is 0 Å². The molecule has 1 N–H and O–H groups in total. The molecule has 1 aromatic rings. The molecule has 5 heteroatoms. The quantitative estimate of drug-likeness (QED) is 0.408. The second-order valence-corrected chi connectivity index (χ2v) is 8.53. The van der Waals surface area contributed by atoms with Crippen molar-refractivity contribution in [1.29, 1.82) is 0 Å². The first-order chi connectivity index (χ1) is 13.4. The van der Waals surface area contributed by atoms with E-state index >= 15 is 0 Å². The van der Waals surface area contributed by atoms with Crippen LogP contribution in [0.5, 0.6) is 0 Å². The van der Waals surface area contributed by atoms with Crippen molar-refractivity contribution < 1.29 is 20.4 Å². The fourth-order valence-electron chi connectivity index (χ4n) is 3.78. The number of nitrogens with one attached hydrogen (secondary N) is 1. The van der Waals surface area contributed by atoms with Crippen molar-refractivity contribution in [2.75, 3.05) is 57.8 Å². The van der Waals surface area contributed by atoms with Crippen molar-refractivity contribution >= 4 is 5.69 Å². The molecule has 29 heavy (non-hydrogen) atoms. The number of hydrogen-bond donors (Lipinski definition) is 1. The van der Waals surface area contributed by atoms with E-state index in [2.05, 4.69) is 85.3 Å². The average molecular weight is 570 g/mol. The fraction of sp³-hybridized carbons (Fsp3) is 0.583. The molecule has 1 heterocycles. The Balaban J connectivity index is 0.00000420. The van der Waals surface area contributed by atoms with Crippen LogP contribution in [0.2, 0.25) is 0 Å². The number of rotatable bonds is 11. The molecule has 1 aliphatic rings. The smallest absolute Gasteiger partial charge is 0.0207 e. The Morgan fingerprint density at radius 2 is 1.79 bits per heavy atom. The van der Waals surface area contributed by atoms with E-state index in [0.717, 1.165) is 36.8 Å². The summed E-state index contributed by atoms with van der Waals surface area (Å²) in [6.07, 6.45) is 2.56.